The zero-order valence-electron chi connectivity index (χ0n) is 7.97. The molecule has 1 aliphatic rings. The number of rotatable bonds is 2. The molecule has 0 unspecified atom stereocenters. The largest absolute Gasteiger partial charge is 0.505 e. The van der Waals surface area contributed by atoms with Crippen LogP contribution in [-0.2, 0) is 9.53 Å². The molecule has 0 aromatic carbocycles. The number of cyclic esters (lactones) is 1. The average molecular weight is 254 g/mol. The summed E-state index contributed by atoms with van der Waals surface area (Å²) in [7, 11) is 0. The van der Waals surface area contributed by atoms with Gasteiger partial charge in [0.25, 0.3) is 0 Å². The van der Waals surface area contributed by atoms with E-state index in [0.717, 1.165) is 0 Å². The van der Waals surface area contributed by atoms with Crippen LogP contribution in [0, 0.1) is 0 Å². The summed E-state index contributed by atoms with van der Waals surface area (Å²) in [5.41, 5.74) is 0. The number of carbonyl (C=O) groups is 1. The summed E-state index contributed by atoms with van der Waals surface area (Å²) in [4.78, 5) is 10.5. The molecule has 4 N–H and O–H groups in total. The van der Waals surface area contributed by atoms with E-state index in [0.29, 0.717) is 0 Å². The monoisotopic (exact) mass is 254 g/mol. The Bertz CT molecular complexity index is 240. The van der Waals surface area contributed by atoms with Gasteiger partial charge in [-0.2, -0.15) is 0 Å². The summed E-state index contributed by atoms with van der Waals surface area (Å²) in [6.07, 6.45) is -2.78. The van der Waals surface area contributed by atoms with Gasteiger partial charge in [-0.05, 0) is 0 Å². The van der Waals surface area contributed by atoms with Crippen LogP contribution >= 0.6 is 0 Å². The maximum Gasteiger partial charge on any atom is 0.377 e. The number of carbonyl (C=O) groups excluding carboxylic acids is 1. The molecule has 0 aromatic rings. The normalized spacial score (nSPS) is 22.1. The minimum absolute atomic E-state index is 0. The van der Waals surface area contributed by atoms with Gasteiger partial charge in [-0.1, -0.05) is 0 Å². The second kappa shape index (κ2) is 8.15. The van der Waals surface area contributed by atoms with Crippen molar-refractivity contribution in [2.75, 3.05) is 6.61 Å². The zero-order chi connectivity index (χ0) is 9.30. The molecule has 0 aliphatic carbocycles. The van der Waals surface area contributed by atoms with Crippen LogP contribution in [0.3, 0.4) is 0 Å². The molecule has 0 bridgehead atoms. The Balaban J connectivity index is 0. The standard InChI is InChI=1S/C6H8O6.2K/c7-1-2(8)5-3(9)4(10)6(11)12-5;;/h2,5,7-10H,1H2;;/t2-,5+;;/m0../s1. The molecule has 1 heterocycles. The first-order chi connectivity index (χ1) is 5.57. The fraction of sp³-hybridized carbons (Fsp3) is 0.500. The van der Waals surface area contributed by atoms with Crippen LogP contribution in [0.25, 0.3) is 0 Å². The van der Waals surface area contributed by atoms with E-state index in [1.807, 2.05) is 0 Å². The van der Waals surface area contributed by atoms with Crippen molar-refractivity contribution in [2.45, 2.75) is 12.2 Å². The molecule has 6 nitrogen and oxygen atoms in total. The minimum atomic E-state index is -1.42. The molecular formula is C6H8K2O6. The van der Waals surface area contributed by atoms with E-state index in [2.05, 4.69) is 4.74 Å². The summed E-state index contributed by atoms with van der Waals surface area (Å²) in [6, 6.07) is 0. The quantitative estimate of drug-likeness (QED) is 0.330. The Labute approximate surface area is 165 Å². The van der Waals surface area contributed by atoms with Crippen molar-refractivity contribution in [1.82, 2.24) is 0 Å². The van der Waals surface area contributed by atoms with Gasteiger partial charge in [-0.3, -0.25) is 0 Å². The van der Waals surface area contributed by atoms with Crippen molar-refractivity contribution in [3.05, 3.63) is 11.5 Å². The third kappa shape index (κ3) is 4.11. The third-order valence-electron chi connectivity index (χ3n) is 1.48. The summed E-state index contributed by atoms with van der Waals surface area (Å²) in [5, 5.41) is 35.0. The molecular weight excluding hydrogens is 246 g/mol. The molecule has 70 valence electrons. The molecule has 0 amide bonds. The van der Waals surface area contributed by atoms with Crippen molar-refractivity contribution in [2.24, 2.45) is 0 Å². The van der Waals surface area contributed by atoms with E-state index in [9.17, 15) is 4.79 Å². The summed E-state index contributed by atoms with van der Waals surface area (Å²) in [5.74, 6) is -2.78. The van der Waals surface area contributed by atoms with Gasteiger partial charge in [-0.15, -0.1) is 0 Å². The van der Waals surface area contributed by atoms with Gasteiger partial charge in [0, 0.05) is 103 Å². The summed E-state index contributed by atoms with van der Waals surface area (Å²) >= 11 is 0. The molecule has 1 rings (SSSR count). The van der Waals surface area contributed by atoms with Crippen LogP contribution in [0.4, 0.5) is 0 Å². The van der Waals surface area contributed by atoms with Crippen LogP contribution in [0.15, 0.2) is 11.5 Å². The molecule has 0 spiro atoms. The van der Waals surface area contributed by atoms with E-state index < -0.39 is 36.3 Å². The van der Waals surface area contributed by atoms with Crippen LogP contribution in [-0.4, -0.2) is 148 Å². The first-order valence-corrected chi connectivity index (χ1v) is 3.20. The maximum absolute atomic E-state index is 10.5. The molecule has 8 heteroatoms. The van der Waals surface area contributed by atoms with E-state index in [1.54, 1.807) is 0 Å². The van der Waals surface area contributed by atoms with E-state index in [-0.39, 0.29) is 103 Å². The number of ether oxygens (including phenoxy) is 1. The molecule has 0 fully saturated rings. The fourth-order valence-electron chi connectivity index (χ4n) is 0.823. The van der Waals surface area contributed by atoms with Gasteiger partial charge in [0.2, 0.25) is 5.76 Å². The van der Waals surface area contributed by atoms with E-state index in [4.69, 9.17) is 20.4 Å². The second-order valence-electron chi connectivity index (χ2n) is 2.31. The fourth-order valence-corrected chi connectivity index (χ4v) is 0.823. The van der Waals surface area contributed by atoms with Gasteiger partial charge in [0.15, 0.2) is 11.9 Å². The van der Waals surface area contributed by atoms with Crippen LogP contribution in [0.5, 0.6) is 0 Å². The predicted molar refractivity (Wildman–Crippen MR) is 46.8 cm³/mol. The van der Waals surface area contributed by atoms with Crippen molar-refractivity contribution in [3.63, 3.8) is 0 Å². The summed E-state index contributed by atoms with van der Waals surface area (Å²) in [6.45, 7) is -0.671. The smallest absolute Gasteiger partial charge is 0.377 e. The molecule has 1 aliphatic heterocycles. The van der Waals surface area contributed by atoms with Crippen molar-refractivity contribution in [1.29, 1.82) is 0 Å². The number of aliphatic hydroxyl groups excluding tert-OH is 4. The van der Waals surface area contributed by atoms with Crippen molar-refractivity contribution < 1.29 is 30.0 Å². The predicted octanol–water partition coefficient (Wildman–Crippen LogP) is -2.17. The first kappa shape index (κ1) is 18.4. The van der Waals surface area contributed by atoms with Gasteiger partial charge >= 0.3 is 5.97 Å². The Morgan fingerprint density at radius 3 is 2.14 bits per heavy atom. The summed E-state index contributed by atoms with van der Waals surface area (Å²) < 4.78 is 4.32. The molecule has 14 heavy (non-hydrogen) atoms. The van der Waals surface area contributed by atoms with E-state index >= 15 is 0 Å². The van der Waals surface area contributed by atoms with Gasteiger partial charge in [0.05, 0.1) is 6.61 Å². The van der Waals surface area contributed by atoms with Gasteiger partial charge in [0.1, 0.15) is 6.10 Å². The number of esters is 1. The average Bonchev–Trinajstić information content (AvgIpc) is 2.32. The van der Waals surface area contributed by atoms with Gasteiger partial charge in [-0.25, -0.2) is 4.79 Å². The van der Waals surface area contributed by atoms with Crippen molar-refractivity contribution >= 4 is 109 Å². The second-order valence-corrected chi connectivity index (χ2v) is 2.31. The van der Waals surface area contributed by atoms with Crippen LogP contribution < -0.4 is 0 Å². The van der Waals surface area contributed by atoms with Crippen molar-refractivity contribution in [3.8, 4) is 0 Å². The number of aliphatic hydroxyl groups is 4. The molecule has 2 atom stereocenters. The maximum atomic E-state index is 10.5. The van der Waals surface area contributed by atoms with E-state index in [1.165, 1.54) is 0 Å². The zero-order valence-corrected chi connectivity index (χ0v) is 14.2. The Hall–Kier alpha value is 2.00. The number of hydrogen-bond donors (Lipinski definition) is 4. The molecule has 2 radical (unpaired) electrons. The van der Waals surface area contributed by atoms with Gasteiger partial charge < -0.3 is 25.2 Å². The third-order valence-corrected chi connectivity index (χ3v) is 1.48. The minimum Gasteiger partial charge on any atom is -0.505 e. The molecule has 0 saturated carbocycles. The molecule has 0 aromatic heterocycles. The van der Waals surface area contributed by atoms with Crippen LogP contribution in [0.1, 0.15) is 0 Å². The Morgan fingerprint density at radius 2 is 1.86 bits per heavy atom. The number of hydrogen-bond acceptors (Lipinski definition) is 6. The first-order valence-electron chi connectivity index (χ1n) is 3.20. The molecule has 0 saturated heterocycles. The Kier molecular flexibility index (Phi) is 10.7. The topological polar surface area (TPSA) is 107 Å². The van der Waals surface area contributed by atoms with Crippen LogP contribution in [0.2, 0.25) is 0 Å². The Morgan fingerprint density at radius 1 is 1.36 bits per heavy atom. The SMILES string of the molecule is O=C1O[C@H]([C@@H](O)CO)C(O)=C1O.[K].[K].